The zero-order valence-electron chi connectivity index (χ0n) is 13.6. The molecule has 1 aromatic carbocycles. The standard InChI is InChI=1S/C16H26NO4P/c1-19-15-9-7-14(8-10-15)17-16(11-5-4-6-12-16)13-22(18,20-2)21-3/h7-10,17H,4-6,11-13H2,1-3H3. The number of ether oxygens (including phenoxy) is 1. The lowest BCUT2D eigenvalue weighted by molar-refractivity contribution is 0.256. The lowest BCUT2D eigenvalue weighted by atomic mass is 9.83. The maximum absolute atomic E-state index is 12.6. The minimum atomic E-state index is -3.05. The summed E-state index contributed by atoms with van der Waals surface area (Å²) in [6.07, 6.45) is 5.79. The van der Waals surface area contributed by atoms with Crippen molar-refractivity contribution in [3.63, 3.8) is 0 Å². The molecule has 0 amide bonds. The van der Waals surface area contributed by atoms with E-state index in [0.717, 1.165) is 37.1 Å². The van der Waals surface area contributed by atoms with Gasteiger partial charge in [0.1, 0.15) is 5.75 Å². The van der Waals surface area contributed by atoms with Crippen LogP contribution in [0.4, 0.5) is 5.69 Å². The summed E-state index contributed by atoms with van der Waals surface area (Å²) in [5.41, 5.74) is 0.760. The van der Waals surface area contributed by atoms with Gasteiger partial charge < -0.3 is 19.1 Å². The predicted octanol–water partition coefficient (Wildman–Crippen LogP) is 4.30. The van der Waals surface area contributed by atoms with Crippen molar-refractivity contribution in [2.24, 2.45) is 0 Å². The third kappa shape index (κ3) is 4.25. The SMILES string of the molecule is COc1ccc(NC2(CP(=O)(OC)OC)CCCCC2)cc1. The molecule has 1 aliphatic carbocycles. The van der Waals surface area contributed by atoms with Crippen LogP contribution >= 0.6 is 7.60 Å². The lowest BCUT2D eigenvalue weighted by Crippen LogP contribution is -2.44. The number of anilines is 1. The zero-order chi connectivity index (χ0) is 16.1. The Morgan fingerprint density at radius 3 is 2.14 bits per heavy atom. The van der Waals surface area contributed by atoms with Crippen LogP contribution in [0, 0.1) is 0 Å². The normalized spacial score (nSPS) is 18.0. The van der Waals surface area contributed by atoms with Crippen molar-refractivity contribution in [2.45, 2.75) is 37.6 Å². The zero-order valence-corrected chi connectivity index (χ0v) is 14.5. The van der Waals surface area contributed by atoms with Crippen LogP contribution in [0.25, 0.3) is 0 Å². The van der Waals surface area contributed by atoms with E-state index in [0.29, 0.717) is 6.16 Å². The Morgan fingerprint density at radius 2 is 1.64 bits per heavy atom. The summed E-state index contributed by atoms with van der Waals surface area (Å²) in [7, 11) is 1.50. The Morgan fingerprint density at radius 1 is 1.05 bits per heavy atom. The van der Waals surface area contributed by atoms with E-state index >= 15 is 0 Å². The van der Waals surface area contributed by atoms with Crippen molar-refractivity contribution in [3.05, 3.63) is 24.3 Å². The Bertz CT molecular complexity index is 503. The molecule has 5 nitrogen and oxygen atoms in total. The second kappa shape index (κ2) is 7.49. The van der Waals surface area contributed by atoms with Crippen LogP contribution in [0.15, 0.2) is 24.3 Å². The average Bonchev–Trinajstić information content (AvgIpc) is 2.56. The van der Waals surface area contributed by atoms with Crippen molar-refractivity contribution in [1.82, 2.24) is 0 Å². The minimum absolute atomic E-state index is 0.242. The van der Waals surface area contributed by atoms with Gasteiger partial charge in [-0.2, -0.15) is 0 Å². The van der Waals surface area contributed by atoms with Crippen molar-refractivity contribution in [1.29, 1.82) is 0 Å². The summed E-state index contributed by atoms with van der Waals surface area (Å²) in [6, 6.07) is 7.82. The highest BCUT2D eigenvalue weighted by molar-refractivity contribution is 7.53. The molecule has 1 aliphatic rings. The number of hydrogen-bond donors (Lipinski definition) is 1. The summed E-state index contributed by atoms with van der Waals surface area (Å²) >= 11 is 0. The summed E-state index contributed by atoms with van der Waals surface area (Å²) in [5.74, 6) is 0.822. The maximum atomic E-state index is 12.6. The third-order valence-electron chi connectivity index (χ3n) is 4.36. The number of benzene rings is 1. The Hall–Kier alpha value is -1.03. The van der Waals surface area contributed by atoms with Crippen LogP contribution in [0.5, 0.6) is 5.75 Å². The van der Waals surface area contributed by atoms with Gasteiger partial charge in [0.25, 0.3) is 0 Å². The molecule has 22 heavy (non-hydrogen) atoms. The van der Waals surface area contributed by atoms with Crippen LogP contribution in [-0.2, 0) is 13.6 Å². The largest absolute Gasteiger partial charge is 0.497 e. The third-order valence-corrected chi connectivity index (χ3v) is 6.47. The number of methoxy groups -OCH3 is 1. The van der Waals surface area contributed by atoms with Gasteiger partial charge in [-0.1, -0.05) is 19.3 Å². The Balaban J connectivity index is 2.19. The van der Waals surface area contributed by atoms with Crippen molar-refractivity contribution in [2.75, 3.05) is 32.8 Å². The molecule has 0 saturated heterocycles. The molecule has 124 valence electrons. The molecule has 1 aromatic rings. The summed E-state index contributed by atoms with van der Waals surface area (Å²) < 4.78 is 28.1. The van der Waals surface area contributed by atoms with Gasteiger partial charge in [0.15, 0.2) is 0 Å². The van der Waals surface area contributed by atoms with E-state index in [1.165, 1.54) is 20.6 Å². The second-order valence-electron chi connectivity index (χ2n) is 5.83. The molecule has 0 atom stereocenters. The smallest absolute Gasteiger partial charge is 0.332 e. The molecular weight excluding hydrogens is 301 g/mol. The van der Waals surface area contributed by atoms with E-state index < -0.39 is 7.60 Å². The predicted molar refractivity (Wildman–Crippen MR) is 88.9 cm³/mol. The molecule has 1 fully saturated rings. The summed E-state index contributed by atoms with van der Waals surface area (Å²) in [4.78, 5) is 0. The summed E-state index contributed by atoms with van der Waals surface area (Å²) in [6.45, 7) is 0. The number of nitrogens with one attached hydrogen (secondary N) is 1. The molecule has 0 aliphatic heterocycles. The van der Waals surface area contributed by atoms with E-state index in [4.69, 9.17) is 13.8 Å². The second-order valence-corrected chi connectivity index (χ2v) is 8.10. The fourth-order valence-electron chi connectivity index (χ4n) is 3.11. The first-order chi connectivity index (χ1) is 10.5. The van der Waals surface area contributed by atoms with E-state index in [1.807, 2.05) is 24.3 Å². The van der Waals surface area contributed by atoms with E-state index in [2.05, 4.69) is 5.32 Å². The monoisotopic (exact) mass is 327 g/mol. The Kier molecular flexibility index (Phi) is 5.90. The van der Waals surface area contributed by atoms with Gasteiger partial charge in [0.2, 0.25) is 0 Å². The molecule has 0 unspecified atom stereocenters. The van der Waals surface area contributed by atoms with Gasteiger partial charge in [-0.05, 0) is 37.1 Å². The van der Waals surface area contributed by atoms with E-state index in [9.17, 15) is 4.57 Å². The van der Waals surface area contributed by atoms with Gasteiger partial charge >= 0.3 is 7.60 Å². The first-order valence-electron chi connectivity index (χ1n) is 7.67. The first-order valence-corrected chi connectivity index (χ1v) is 9.40. The minimum Gasteiger partial charge on any atom is -0.497 e. The van der Waals surface area contributed by atoms with Crippen LogP contribution in [0.3, 0.4) is 0 Å². The highest BCUT2D eigenvalue weighted by Gasteiger charge is 2.40. The fourth-order valence-corrected chi connectivity index (χ4v) is 4.65. The Labute approximate surface area is 132 Å². The van der Waals surface area contributed by atoms with Crippen LogP contribution in [-0.4, -0.2) is 33.0 Å². The van der Waals surface area contributed by atoms with Crippen molar-refractivity contribution >= 4 is 13.3 Å². The first kappa shape index (κ1) is 17.3. The molecule has 0 spiro atoms. The molecule has 1 saturated carbocycles. The maximum Gasteiger partial charge on any atom is 0.332 e. The molecule has 1 N–H and O–H groups in total. The van der Waals surface area contributed by atoms with Crippen LogP contribution < -0.4 is 10.1 Å². The average molecular weight is 327 g/mol. The van der Waals surface area contributed by atoms with Gasteiger partial charge in [-0.3, -0.25) is 4.57 Å². The molecule has 2 rings (SSSR count). The van der Waals surface area contributed by atoms with E-state index in [1.54, 1.807) is 7.11 Å². The molecule has 0 radical (unpaired) electrons. The molecule has 6 heteroatoms. The number of rotatable bonds is 7. The molecule has 0 bridgehead atoms. The van der Waals surface area contributed by atoms with Gasteiger partial charge in [0, 0.05) is 25.4 Å². The van der Waals surface area contributed by atoms with Crippen LogP contribution in [0.1, 0.15) is 32.1 Å². The van der Waals surface area contributed by atoms with Gasteiger partial charge in [-0.15, -0.1) is 0 Å². The topological polar surface area (TPSA) is 56.8 Å². The number of hydrogen-bond acceptors (Lipinski definition) is 5. The summed E-state index contributed by atoms with van der Waals surface area (Å²) in [5, 5.41) is 3.58. The van der Waals surface area contributed by atoms with Crippen molar-refractivity contribution < 1.29 is 18.3 Å². The molecule has 0 aromatic heterocycles. The molecule has 0 heterocycles. The van der Waals surface area contributed by atoms with Gasteiger partial charge in [0.05, 0.1) is 13.3 Å². The van der Waals surface area contributed by atoms with Gasteiger partial charge in [-0.25, -0.2) is 0 Å². The highest BCUT2D eigenvalue weighted by Crippen LogP contribution is 2.52. The highest BCUT2D eigenvalue weighted by atomic mass is 31.2. The van der Waals surface area contributed by atoms with Crippen molar-refractivity contribution in [3.8, 4) is 5.75 Å². The molecular formula is C16H26NO4P. The van der Waals surface area contributed by atoms with E-state index in [-0.39, 0.29) is 5.54 Å². The quantitative estimate of drug-likeness (QED) is 0.757. The fraction of sp³-hybridized carbons (Fsp3) is 0.625. The van der Waals surface area contributed by atoms with Crippen LogP contribution in [0.2, 0.25) is 0 Å². The lowest BCUT2D eigenvalue weighted by Gasteiger charge is -2.40.